The third-order valence-electron chi connectivity index (χ3n) is 4.61. The molecule has 0 bridgehead atoms. The molecule has 0 aromatic carbocycles. The molecule has 0 radical (unpaired) electrons. The Morgan fingerprint density at radius 1 is 1.45 bits per heavy atom. The first-order valence-electron chi connectivity index (χ1n) is 7.61. The van der Waals surface area contributed by atoms with Crippen LogP contribution in [0.25, 0.3) is 0 Å². The minimum absolute atomic E-state index is 0.173. The maximum absolute atomic E-state index is 10.3. The summed E-state index contributed by atoms with van der Waals surface area (Å²) in [6, 6.07) is 2.09. The zero-order valence-corrected chi connectivity index (χ0v) is 12.8. The van der Waals surface area contributed by atoms with Crippen molar-refractivity contribution in [2.75, 3.05) is 26.7 Å². The number of nitrogens with zero attached hydrogens (tertiary/aromatic N) is 2. The molecule has 0 spiro atoms. The van der Waals surface area contributed by atoms with Crippen molar-refractivity contribution < 1.29 is 9.84 Å². The third-order valence-corrected chi connectivity index (χ3v) is 4.61. The lowest BCUT2D eigenvalue weighted by Crippen LogP contribution is -2.42. The minimum atomic E-state index is -0.315. The van der Waals surface area contributed by atoms with E-state index < -0.39 is 0 Å². The summed E-state index contributed by atoms with van der Waals surface area (Å²) in [6.45, 7) is 8.19. The van der Waals surface area contributed by atoms with Crippen LogP contribution in [0, 0.1) is 5.41 Å². The largest absolute Gasteiger partial charge is 0.388 e. The van der Waals surface area contributed by atoms with E-state index in [2.05, 4.69) is 42.6 Å². The van der Waals surface area contributed by atoms with Gasteiger partial charge in [0.05, 0.1) is 18.8 Å². The fourth-order valence-corrected chi connectivity index (χ4v) is 3.56. The molecule has 1 N–H and O–H groups in total. The van der Waals surface area contributed by atoms with Gasteiger partial charge in [-0.25, -0.2) is 0 Å². The maximum Gasteiger partial charge on any atom is 0.0880 e. The highest BCUT2D eigenvalue weighted by molar-refractivity contribution is 5.29. The molecule has 2 aliphatic rings. The standard InChI is InChI=1S/C16H26N2O2/c1-16(2)8-14-13(15(19)9-16)4-5-18(14)11-12-10-17(3)6-7-20-12/h4-5,12,15,19H,6-11H2,1-3H3. The van der Waals surface area contributed by atoms with Gasteiger partial charge in [0.25, 0.3) is 0 Å². The summed E-state index contributed by atoms with van der Waals surface area (Å²) in [6.07, 6.45) is 3.95. The smallest absolute Gasteiger partial charge is 0.0880 e. The van der Waals surface area contributed by atoms with Crippen molar-refractivity contribution in [2.45, 2.75) is 45.4 Å². The second kappa shape index (κ2) is 5.17. The zero-order chi connectivity index (χ0) is 14.3. The van der Waals surface area contributed by atoms with Crippen molar-refractivity contribution in [3.63, 3.8) is 0 Å². The van der Waals surface area contributed by atoms with Crippen LogP contribution in [0.3, 0.4) is 0 Å². The monoisotopic (exact) mass is 278 g/mol. The summed E-state index contributed by atoms with van der Waals surface area (Å²) in [4.78, 5) is 2.32. The van der Waals surface area contributed by atoms with E-state index in [0.29, 0.717) is 0 Å². The van der Waals surface area contributed by atoms with E-state index in [1.54, 1.807) is 0 Å². The first kappa shape index (κ1) is 14.1. The number of aromatic nitrogens is 1. The highest BCUT2D eigenvalue weighted by Gasteiger charge is 2.33. The van der Waals surface area contributed by atoms with Gasteiger partial charge in [0.2, 0.25) is 0 Å². The number of hydrogen-bond donors (Lipinski definition) is 1. The van der Waals surface area contributed by atoms with Crippen molar-refractivity contribution >= 4 is 0 Å². The first-order chi connectivity index (χ1) is 9.44. The summed E-state index contributed by atoms with van der Waals surface area (Å²) in [5.74, 6) is 0. The molecular formula is C16H26N2O2. The fourth-order valence-electron chi connectivity index (χ4n) is 3.56. The van der Waals surface area contributed by atoms with Crippen LogP contribution in [0.2, 0.25) is 0 Å². The van der Waals surface area contributed by atoms with Crippen molar-refractivity contribution in [1.82, 2.24) is 9.47 Å². The molecule has 2 heterocycles. The van der Waals surface area contributed by atoms with Gasteiger partial charge < -0.3 is 19.3 Å². The molecule has 0 amide bonds. The number of morpholine rings is 1. The van der Waals surface area contributed by atoms with E-state index in [9.17, 15) is 5.11 Å². The second-order valence-electron chi connectivity index (χ2n) is 7.19. The Bertz CT molecular complexity index is 481. The first-order valence-corrected chi connectivity index (χ1v) is 7.61. The Balaban J connectivity index is 1.78. The van der Waals surface area contributed by atoms with E-state index in [1.165, 1.54) is 5.69 Å². The molecule has 4 nitrogen and oxygen atoms in total. The van der Waals surface area contributed by atoms with Crippen LogP contribution in [0.15, 0.2) is 12.3 Å². The van der Waals surface area contributed by atoms with Gasteiger partial charge in [0.15, 0.2) is 0 Å². The number of ether oxygens (including phenoxy) is 1. The van der Waals surface area contributed by atoms with Crippen molar-refractivity contribution in [2.24, 2.45) is 5.41 Å². The predicted molar refractivity (Wildman–Crippen MR) is 78.7 cm³/mol. The van der Waals surface area contributed by atoms with Gasteiger partial charge in [-0.05, 0) is 31.4 Å². The number of hydrogen-bond acceptors (Lipinski definition) is 3. The van der Waals surface area contributed by atoms with Crippen molar-refractivity contribution in [3.05, 3.63) is 23.5 Å². The Morgan fingerprint density at radius 2 is 2.25 bits per heavy atom. The summed E-state index contributed by atoms with van der Waals surface area (Å²) in [5.41, 5.74) is 2.59. The Hall–Kier alpha value is -0.840. The topological polar surface area (TPSA) is 37.6 Å². The number of rotatable bonds is 2. The van der Waals surface area contributed by atoms with Crippen LogP contribution in [0.4, 0.5) is 0 Å². The minimum Gasteiger partial charge on any atom is -0.388 e. The number of fused-ring (bicyclic) bond motifs is 1. The SMILES string of the molecule is CN1CCOC(Cn2ccc3c2CC(C)(C)CC3O)C1. The summed E-state index contributed by atoms with van der Waals surface area (Å²) in [7, 11) is 2.15. The highest BCUT2D eigenvalue weighted by Crippen LogP contribution is 2.41. The molecule has 2 unspecified atom stereocenters. The molecule has 1 aromatic heterocycles. The third kappa shape index (κ3) is 2.78. The molecule has 4 heteroatoms. The average molecular weight is 278 g/mol. The summed E-state index contributed by atoms with van der Waals surface area (Å²) >= 11 is 0. The number of likely N-dealkylation sites (N-methyl/N-ethyl adjacent to an activating group) is 1. The van der Waals surface area contributed by atoms with E-state index >= 15 is 0 Å². The summed E-state index contributed by atoms with van der Waals surface area (Å²) < 4.78 is 8.16. The van der Waals surface area contributed by atoms with E-state index in [-0.39, 0.29) is 17.6 Å². The van der Waals surface area contributed by atoms with Gasteiger partial charge in [-0.1, -0.05) is 13.8 Å². The molecule has 1 aliphatic heterocycles. The van der Waals surface area contributed by atoms with Crippen LogP contribution < -0.4 is 0 Å². The van der Waals surface area contributed by atoms with Crippen LogP contribution in [0.5, 0.6) is 0 Å². The Morgan fingerprint density at radius 3 is 3.00 bits per heavy atom. The van der Waals surface area contributed by atoms with Gasteiger partial charge in [-0.2, -0.15) is 0 Å². The summed E-state index contributed by atoms with van der Waals surface area (Å²) in [5, 5.41) is 10.3. The predicted octanol–water partition coefficient (Wildman–Crippen LogP) is 1.82. The Kier molecular flexibility index (Phi) is 3.65. The fraction of sp³-hybridized carbons (Fsp3) is 0.750. The van der Waals surface area contributed by atoms with Crippen molar-refractivity contribution in [3.8, 4) is 0 Å². The normalized spacial score (nSPS) is 30.2. The van der Waals surface area contributed by atoms with Crippen LogP contribution in [0.1, 0.15) is 37.6 Å². The van der Waals surface area contributed by atoms with Gasteiger partial charge in [0, 0.05) is 37.1 Å². The molecular weight excluding hydrogens is 252 g/mol. The van der Waals surface area contributed by atoms with Crippen LogP contribution in [-0.4, -0.2) is 47.4 Å². The molecule has 20 heavy (non-hydrogen) atoms. The molecule has 2 atom stereocenters. The van der Waals surface area contributed by atoms with E-state index in [4.69, 9.17) is 4.74 Å². The van der Waals surface area contributed by atoms with Crippen LogP contribution in [-0.2, 0) is 17.7 Å². The quantitative estimate of drug-likeness (QED) is 0.897. The zero-order valence-electron chi connectivity index (χ0n) is 12.8. The van der Waals surface area contributed by atoms with Gasteiger partial charge >= 0.3 is 0 Å². The number of aliphatic hydroxyl groups excluding tert-OH is 1. The molecule has 3 rings (SSSR count). The molecule has 1 aromatic rings. The molecule has 1 saturated heterocycles. The molecule has 112 valence electrons. The van der Waals surface area contributed by atoms with Crippen molar-refractivity contribution in [1.29, 1.82) is 0 Å². The lowest BCUT2D eigenvalue weighted by molar-refractivity contribution is -0.0281. The van der Waals surface area contributed by atoms with Crippen LogP contribution >= 0.6 is 0 Å². The lowest BCUT2D eigenvalue weighted by atomic mass is 9.75. The van der Waals surface area contributed by atoms with Gasteiger partial charge in [-0.15, -0.1) is 0 Å². The van der Waals surface area contributed by atoms with E-state index in [1.807, 2.05) is 0 Å². The Labute approximate surface area is 121 Å². The number of aliphatic hydroxyl groups is 1. The lowest BCUT2D eigenvalue weighted by Gasteiger charge is -2.35. The molecule has 1 fully saturated rings. The maximum atomic E-state index is 10.3. The molecule has 0 saturated carbocycles. The second-order valence-corrected chi connectivity index (χ2v) is 7.19. The van der Waals surface area contributed by atoms with Gasteiger partial charge in [-0.3, -0.25) is 0 Å². The molecule has 1 aliphatic carbocycles. The average Bonchev–Trinajstić information content (AvgIpc) is 2.71. The van der Waals surface area contributed by atoms with E-state index in [0.717, 1.165) is 44.6 Å². The highest BCUT2D eigenvalue weighted by atomic mass is 16.5. The van der Waals surface area contributed by atoms with Gasteiger partial charge in [0.1, 0.15) is 0 Å².